The van der Waals surface area contributed by atoms with E-state index < -0.39 is 12.1 Å². The van der Waals surface area contributed by atoms with Crippen molar-refractivity contribution < 1.29 is 24.1 Å². The lowest BCUT2D eigenvalue weighted by atomic mass is 10.0. The quantitative estimate of drug-likeness (QED) is 0.859. The first-order valence-corrected chi connectivity index (χ1v) is 6.41. The summed E-state index contributed by atoms with van der Waals surface area (Å²) in [6, 6.07) is 6.95. The van der Waals surface area contributed by atoms with Crippen molar-refractivity contribution in [2.24, 2.45) is 0 Å². The predicted molar refractivity (Wildman–Crippen MR) is 77.6 cm³/mol. The topological polar surface area (TPSA) is 65.0 Å². The number of ether oxygens (including phenoxy) is 3. The minimum absolute atomic E-state index is 0.103. The first-order chi connectivity index (χ1) is 10.2. The van der Waals surface area contributed by atoms with Crippen LogP contribution in [0.1, 0.15) is 5.56 Å². The van der Waals surface area contributed by atoms with Gasteiger partial charge in [0.1, 0.15) is 17.2 Å². The normalized spacial score (nSPS) is 16.2. The van der Waals surface area contributed by atoms with Crippen molar-refractivity contribution in [3.8, 4) is 17.2 Å². The van der Waals surface area contributed by atoms with Gasteiger partial charge in [0.15, 0.2) is 0 Å². The van der Waals surface area contributed by atoms with E-state index in [2.05, 4.69) is 0 Å². The van der Waals surface area contributed by atoms with Crippen molar-refractivity contribution in [3.63, 3.8) is 0 Å². The maximum atomic E-state index is 11.6. The summed E-state index contributed by atoms with van der Waals surface area (Å²) in [7, 11) is 2.85. The highest BCUT2D eigenvalue weighted by Gasteiger charge is 2.25. The van der Waals surface area contributed by atoms with Gasteiger partial charge in [-0.3, -0.25) is 0 Å². The van der Waals surface area contributed by atoms with Crippen LogP contribution >= 0.6 is 0 Å². The minimum Gasteiger partial charge on any atom is -0.507 e. The highest BCUT2D eigenvalue weighted by molar-refractivity contribution is 6.01. The summed E-state index contributed by atoms with van der Waals surface area (Å²) in [6.45, 7) is 0. The molecule has 108 valence electrons. The van der Waals surface area contributed by atoms with Crippen LogP contribution in [0.4, 0.5) is 0 Å². The van der Waals surface area contributed by atoms with Crippen LogP contribution < -0.4 is 9.47 Å². The smallest absolute Gasteiger partial charge is 0.351 e. The third-order valence-electron chi connectivity index (χ3n) is 3.43. The van der Waals surface area contributed by atoms with Crippen LogP contribution in [-0.2, 0) is 9.53 Å². The van der Waals surface area contributed by atoms with Gasteiger partial charge in [-0.15, -0.1) is 0 Å². The van der Waals surface area contributed by atoms with Crippen molar-refractivity contribution in [1.29, 1.82) is 0 Å². The fraction of sp³-hybridized carbons (Fsp3) is 0.188. The zero-order valence-electron chi connectivity index (χ0n) is 11.6. The third-order valence-corrected chi connectivity index (χ3v) is 3.43. The van der Waals surface area contributed by atoms with Gasteiger partial charge < -0.3 is 19.3 Å². The Labute approximate surface area is 121 Å². The van der Waals surface area contributed by atoms with E-state index in [4.69, 9.17) is 14.2 Å². The fourth-order valence-electron chi connectivity index (χ4n) is 2.45. The molecule has 3 rings (SSSR count). The molecule has 21 heavy (non-hydrogen) atoms. The van der Waals surface area contributed by atoms with E-state index >= 15 is 0 Å². The van der Waals surface area contributed by atoms with E-state index in [1.54, 1.807) is 30.4 Å². The van der Waals surface area contributed by atoms with Crippen molar-refractivity contribution >= 4 is 22.8 Å². The summed E-state index contributed by atoms with van der Waals surface area (Å²) in [5.41, 5.74) is 0.702. The molecule has 5 heteroatoms. The average Bonchev–Trinajstić information content (AvgIpc) is 2.53. The molecule has 0 aromatic heterocycles. The van der Waals surface area contributed by atoms with E-state index in [9.17, 15) is 9.90 Å². The van der Waals surface area contributed by atoms with Crippen molar-refractivity contribution in [2.75, 3.05) is 14.2 Å². The Bertz CT molecular complexity index is 748. The van der Waals surface area contributed by atoms with Crippen molar-refractivity contribution in [3.05, 3.63) is 35.9 Å². The summed E-state index contributed by atoms with van der Waals surface area (Å²) in [5, 5.41) is 11.4. The molecule has 1 N–H and O–H groups in total. The minimum atomic E-state index is -0.790. The average molecular weight is 286 g/mol. The molecule has 0 saturated carbocycles. The molecule has 5 nitrogen and oxygen atoms in total. The molecule has 1 atom stereocenters. The summed E-state index contributed by atoms with van der Waals surface area (Å²) < 4.78 is 15.7. The van der Waals surface area contributed by atoms with Crippen molar-refractivity contribution in [2.45, 2.75) is 6.10 Å². The first-order valence-electron chi connectivity index (χ1n) is 6.41. The number of benzene rings is 2. The molecular formula is C16H14O5. The van der Waals surface area contributed by atoms with Crippen LogP contribution in [-0.4, -0.2) is 31.4 Å². The second-order valence-electron chi connectivity index (χ2n) is 4.62. The Balaban J connectivity index is 2.22. The molecule has 0 amide bonds. The fourth-order valence-corrected chi connectivity index (χ4v) is 2.45. The lowest BCUT2D eigenvalue weighted by molar-refractivity contribution is -0.146. The Kier molecular flexibility index (Phi) is 3.17. The number of phenolic OH excluding ortho intramolecular Hbond substituents is 1. The molecule has 0 saturated heterocycles. The van der Waals surface area contributed by atoms with Gasteiger partial charge in [-0.1, -0.05) is 18.2 Å². The first kappa shape index (κ1) is 13.3. The van der Waals surface area contributed by atoms with E-state index in [1.807, 2.05) is 6.07 Å². The maximum absolute atomic E-state index is 11.6. The van der Waals surface area contributed by atoms with Crippen LogP contribution in [0.15, 0.2) is 30.3 Å². The van der Waals surface area contributed by atoms with Gasteiger partial charge >= 0.3 is 5.97 Å². The Hall–Kier alpha value is -2.69. The number of fused-ring (bicyclic) bond motifs is 3. The second-order valence-corrected chi connectivity index (χ2v) is 4.62. The molecule has 2 aromatic rings. The number of esters is 1. The van der Waals surface area contributed by atoms with E-state index in [-0.39, 0.29) is 5.75 Å². The van der Waals surface area contributed by atoms with E-state index in [0.29, 0.717) is 27.8 Å². The predicted octanol–water partition coefficient (Wildman–Crippen LogP) is 2.50. The molecule has 1 heterocycles. The number of hydrogen-bond donors (Lipinski definition) is 1. The van der Waals surface area contributed by atoms with Gasteiger partial charge in [0.25, 0.3) is 0 Å². The van der Waals surface area contributed by atoms with Gasteiger partial charge in [-0.25, -0.2) is 4.79 Å². The molecule has 0 radical (unpaired) electrons. The van der Waals surface area contributed by atoms with Gasteiger partial charge in [0.2, 0.25) is 6.10 Å². The zero-order chi connectivity index (χ0) is 15.0. The molecule has 0 spiro atoms. The van der Waals surface area contributed by atoms with Gasteiger partial charge in [-0.05, 0) is 18.2 Å². The number of rotatable bonds is 2. The van der Waals surface area contributed by atoms with Crippen LogP contribution in [0.25, 0.3) is 16.8 Å². The molecule has 2 aromatic carbocycles. The number of methoxy groups -OCH3 is 2. The Morgan fingerprint density at radius 1 is 1.33 bits per heavy atom. The zero-order valence-corrected chi connectivity index (χ0v) is 11.6. The largest absolute Gasteiger partial charge is 0.507 e. The summed E-state index contributed by atoms with van der Waals surface area (Å²) in [4.78, 5) is 11.6. The lowest BCUT2D eigenvalue weighted by Crippen LogP contribution is -2.28. The highest BCUT2D eigenvalue weighted by atomic mass is 16.6. The molecule has 0 aliphatic carbocycles. The van der Waals surface area contributed by atoms with Gasteiger partial charge in [-0.2, -0.15) is 0 Å². The summed E-state index contributed by atoms with van der Waals surface area (Å²) in [6.07, 6.45) is 2.54. The van der Waals surface area contributed by atoms with Gasteiger partial charge in [0.05, 0.1) is 19.6 Å². The molecule has 0 bridgehead atoms. The Morgan fingerprint density at radius 3 is 2.86 bits per heavy atom. The highest BCUT2D eigenvalue weighted by Crippen LogP contribution is 2.43. The van der Waals surface area contributed by atoms with E-state index in [0.717, 1.165) is 0 Å². The van der Waals surface area contributed by atoms with Crippen LogP contribution in [0.5, 0.6) is 17.2 Å². The number of aromatic hydroxyl groups is 1. The number of hydrogen-bond acceptors (Lipinski definition) is 5. The van der Waals surface area contributed by atoms with E-state index in [1.165, 1.54) is 14.2 Å². The third kappa shape index (κ3) is 2.07. The standard InChI is InChI=1S/C16H14O5/c1-19-12-5-3-4-10-14(12)11(17)8-9-6-7-13(16(18)20-2)21-15(9)10/h3-8,13,17H,1-2H3. The Morgan fingerprint density at radius 2 is 2.14 bits per heavy atom. The molecule has 1 aliphatic rings. The molecular weight excluding hydrogens is 272 g/mol. The number of carbonyl (C=O) groups excluding carboxylic acids is 1. The number of carbonyl (C=O) groups is 1. The molecule has 1 unspecified atom stereocenters. The van der Waals surface area contributed by atoms with Crippen molar-refractivity contribution in [1.82, 2.24) is 0 Å². The molecule has 1 aliphatic heterocycles. The summed E-state index contributed by atoms with van der Waals surface area (Å²) >= 11 is 0. The lowest BCUT2D eigenvalue weighted by Gasteiger charge is -2.22. The summed E-state index contributed by atoms with van der Waals surface area (Å²) in [5.74, 6) is 0.701. The SMILES string of the molecule is COC(=O)C1C=Cc2cc(O)c3c(OC)cccc3c2O1. The number of phenols is 1. The molecule has 0 fully saturated rings. The van der Waals surface area contributed by atoms with Crippen LogP contribution in [0.2, 0.25) is 0 Å². The second kappa shape index (κ2) is 5.01. The van der Waals surface area contributed by atoms with Crippen LogP contribution in [0.3, 0.4) is 0 Å². The van der Waals surface area contributed by atoms with Gasteiger partial charge in [0, 0.05) is 10.9 Å². The van der Waals surface area contributed by atoms with Crippen LogP contribution in [0, 0.1) is 0 Å². The monoisotopic (exact) mass is 286 g/mol. The maximum Gasteiger partial charge on any atom is 0.351 e.